The smallest absolute Gasteiger partial charge is 0.249 e. The minimum absolute atomic E-state index is 0.391. The fourth-order valence-electron chi connectivity index (χ4n) is 1.79. The number of hydrazone groups is 2. The first-order valence-electron chi connectivity index (χ1n) is 7.55. The molecule has 2 aromatic heterocycles. The molecule has 0 aromatic carbocycles. The highest BCUT2D eigenvalue weighted by molar-refractivity contribution is 6.01. The summed E-state index contributed by atoms with van der Waals surface area (Å²) in [6.07, 6.45) is 2.87. The molecule has 0 atom stereocenters. The Bertz CT molecular complexity index is 720. The lowest BCUT2D eigenvalue weighted by Crippen LogP contribution is -2.28. The number of pyridine rings is 2. The molecule has 0 bridgehead atoms. The number of hydrogen-bond acceptors (Lipinski definition) is 6. The summed E-state index contributed by atoms with van der Waals surface area (Å²) >= 11 is 0. The van der Waals surface area contributed by atoms with Crippen LogP contribution in [0.1, 0.15) is 31.7 Å². The maximum absolute atomic E-state index is 11.7. The number of hydrogen-bond donors (Lipinski definition) is 2. The maximum Gasteiger partial charge on any atom is 0.249 e. The zero-order valence-corrected chi connectivity index (χ0v) is 13.9. The van der Waals surface area contributed by atoms with Crippen molar-refractivity contribution in [1.82, 2.24) is 20.8 Å². The zero-order valence-electron chi connectivity index (χ0n) is 13.9. The molecule has 2 aromatic rings. The van der Waals surface area contributed by atoms with Crippen molar-refractivity contribution in [3.8, 4) is 0 Å². The Balaban J connectivity index is 1.83. The number of aromatic nitrogens is 2. The Labute approximate surface area is 145 Å². The van der Waals surface area contributed by atoms with Crippen LogP contribution in [0.15, 0.2) is 59.0 Å². The van der Waals surface area contributed by atoms with E-state index in [0.29, 0.717) is 22.8 Å². The summed E-state index contributed by atoms with van der Waals surface area (Å²) in [5.41, 5.74) is 7.00. The molecule has 2 rings (SSSR count). The number of amides is 2. The van der Waals surface area contributed by atoms with E-state index in [1.807, 2.05) is 12.1 Å². The van der Waals surface area contributed by atoms with E-state index in [1.54, 1.807) is 50.5 Å². The van der Waals surface area contributed by atoms with Crippen LogP contribution in [-0.2, 0) is 9.59 Å². The number of nitrogens with one attached hydrogen (secondary N) is 2. The van der Waals surface area contributed by atoms with Crippen molar-refractivity contribution < 1.29 is 9.59 Å². The number of nitrogens with zero attached hydrogens (tertiary/aromatic N) is 4. The van der Waals surface area contributed by atoms with Gasteiger partial charge in [0.25, 0.3) is 0 Å². The number of rotatable bonds is 6. The van der Waals surface area contributed by atoms with Gasteiger partial charge < -0.3 is 0 Å². The molecule has 0 saturated heterocycles. The van der Waals surface area contributed by atoms with Gasteiger partial charge in [-0.1, -0.05) is 12.1 Å². The van der Waals surface area contributed by atoms with Crippen LogP contribution in [0.2, 0.25) is 0 Å². The Morgan fingerprint density at radius 2 is 1.28 bits per heavy atom. The van der Waals surface area contributed by atoms with E-state index < -0.39 is 18.2 Å². The molecular weight excluding hydrogens is 320 g/mol. The van der Waals surface area contributed by atoms with E-state index in [2.05, 4.69) is 31.0 Å². The van der Waals surface area contributed by atoms with E-state index >= 15 is 0 Å². The van der Waals surface area contributed by atoms with Crippen LogP contribution < -0.4 is 10.9 Å². The van der Waals surface area contributed by atoms with Gasteiger partial charge in [-0.25, -0.2) is 10.9 Å². The van der Waals surface area contributed by atoms with Crippen LogP contribution in [0.25, 0.3) is 0 Å². The molecule has 0 aliphatic rings. The predicted octanol–water partition coefficient (Wildman–Crippen LogP) is 1.25. The third-order valence-electron chi connectivity index (χ3n) is 3.09. The zero-order chi connectivity index (χ0) is 18.1. The average Bonchev–Trinajstić information content (AvgIpc) is 2.65. The monoisotopic (exact) mass is 338 g/mol. The van der Waals surface area contributed by atoms with Crippen molar-refractivity contribution in [1.29, 1.82) is 0 Å². The Morgan fingerprint density at radius 3 is 1.64 bits per heavy atom. The topological polar surface area (TPSA) is 109 Å². The van der Waals surface area contributed by atoms with E-state index in [9.17, 15) is 9.59 Å². The average molecular weight is 338 g/mol. The highest BCUT2D eigenvalue weighted by Crippen LogP contribution is 1.96. The lowest BCUT2D eigenvalue weighted by atomic mass is 10.3. The van der Waals surface area contributed by atoms with Crippen LogP contribution in [0.3, 0.4) is 0 Å². The SMILES string of the molecule is C/C(=N\NC(=O)CC(=O)N/N=C(\C)c1ccccn1)c1ccccn1. The molecule has 0 fully saturated rings. The molecule has 0 saturated carbocycles. The van der Waals surface area contributed by atoms with Crippen molar-refractivity contribution in [2.45, 2.75) is 20.3 Å². The summed E-state index contributed by atoms with van der Waals surface area (Å²) in [6, 6.07) is 10.7. The predicted molar refractivity (Wildman–Crippen MR) is 93.8 cm³/mol. The Morgan fingerprint density at radius 1 is 0.840 bits per heavy atom. The van der Waals surface area contributed by atoms with Crippen molar-refractivity contribution in [2.24, 2.45) is 10.2 Å². The third kappa shape index (κ3) is 5.94. The van der Waals surface area contributed by atoms with Gasteiger partial charge in [0.1, 0.15) is 6.42 Å². The third-order valence-corrected chi connectivity index (χ3v) is 3.09. The van der Waals surface area contributed by atoms with E-state index in [-0.39, 0.29) is 0 Å². The second kappa shape index (κ2) is 9.02. The minimum atomic E-state index is -0.543. The van der Waals surface area contributed by atoms with Gasteiger partial charge in [0.2, 0.25) is 11.8 Å². The molecule has 0 radical (unpaired) electrons. The molecule has 2 N–H and O–H groups in total. The van der Waals surface area contributed by atoms with E-state index in [1.165, 1.54) is 0 Å². The van der Waals surface area contributed by atoms with Crippen molar-refractivity contribution in [2.75, 3.05) is 0 Å². The molecule has 0 aliphatic heterocycles. The van der Waals surface area contributed by atoms with Gasteiger partial charge in [0, 0.05) is 12.4 Å². The molecule has 8 heteroatoms. The second-order valence-corrected chi connectivity index (χ2v) is 5.07. The quantitative estimate of drug-likeness (QED) is 0.469. The van der Waals surface area contributed by atoms with Gasteiger partial charge in [-0.05, 0) is 38.1 Å². The molecule has 0 aliphatic carbocycles. The summed E-state index contributed by atoms with van der Waals surface area (Å²) in [7, 11) is 0. The van der Waals surface area contributed by atoms with Gasteiger partial charge in [-0.2, -0.15) is 10.2 Å². The normalized spacial score (nSPS) is 11.8. The summed E-state index contributed by atoms with van der Waals surface area (Å²) in [4.78, 5) is 31.7. The summed E-state index contributed by atoms with van der Waals surface area (Å²) in [5.74, 6) is -1.09. The lowest BCUT2D eigenvalue weighted by Gasteiger charge is -2.03. The van der Waals surface area contributed by atoms with Crippen molar-refractivity contribution >= 4 is 23.2 Å². The van der Waals surface area contributed by atoms with Gasteiger partial charge in [0.15, 0.2) is 0 Å². The van der Waals surface area contributed by atoms with Crippen LogP contribution >= 0.6 is 0 Å². The minimum Gasteiger partial charge on any atom is -0.273 e. The van der Waals surface area contributed by atoms with E-state index in [4.69, 9.17) is 0 Å². The maximum atomic E-state index is 11.7. The highest BCUT2D eigenvalue weighted by atomic mass is 16.2. The molecular formula is C17H18N6O2. The fourth-order valence-corrected chi connectivity index (χ4v) is 1.79. The molecule has 8 nitrogen and oxygen atoms in total. The Kier molecular flexibility index (Phi) is 6.47. The first-order valence-corrected chi connectivity index (χ1v) is 7.55. The van der Waals surface area contributed by atoms with Crippen LogP contribution in [-0.4, -0.2) is 33.2 Å². The first-order chi connectivity index (χ1) is 12.1. The molecule has 2 heterocycles. The summed E-state index contributed by atoms with van der Waals surface area (Å²) < 4.78 is 0. The second-order valence-electron chi connectivity index (χ2n) is 5.07. The standard InChI is InChI=1S/C17H18N6O2/c1-12(14-7-3-5-9-18-14)20-22-16(24)11-17(25)23-21-13(2)15-8-4-6-10-19-15/h3-10H,11H2,1-2H3,(H,22,24)(H,23,25)/b20-12+,21-13+. The van der Waals surface area contributed by atoms with Gasteiger partial charge in [0.05, 0.1) is 22.8 Å². The molecule has 2 amide bonds. The molecule has 25 heavy (non-hydrogen) atoms. The largest absolute Gasteiger partial charge is 0.273 e. The molecule has 0 unspecified atom stereocenters. The number of carbonyl (C=O) groups excluding carboxylic acids is 2. The van der Waals surface area contributed by atoms with Gasteiger partial charge in [-0.15, -0.1) is 0 Å². The lowest BCUT2D eigenvalue weighted by molar-refractivity contribution is -0.129. The molecule has 0 spiro atoms. The fraction of sp³-hybridized carbons (Fsp3) is 0.176. The van der Waals surface area contributed by atoms with Gasteiger partial charge >= 0.3 is 0 Å². The van der Waals surface area contributed by atoms with E-state index in [0.717, 1.165) is 0 Å². The molecule has 128 valence electrons. The van der Waals surface area contributed by atoms with Gasteiger partial charge in [-0.3, -0.25) is 19.6 Å². The summed E-state index contributed by atoms with van der Waals surface area (Å²) in [5, 5.41) is 7.84. The van der Waals surface area contributed by atoms with Crippen LogP contribution in [0, 0.1) is 0 Å². The Hall–Kier alpha value is -3.42. The number of carbonyl (C=O) groups is 2. The summed E-state index contributed by atoms with van der Waals surface area (Å²) in [6.45, 7) is 3.42. The van der Waals surface area contributed by atoms with Crippen LogP contribution in [0.5, 0.6) is 0 Å². The van der Waals surface area contributed by atoms with Crippen molar-refractivity contribution in [3.05, 3.63) is 60.2 Å². The first kappa shape index (κ1) is 17.9. The van der Waals surface area contributed by atoms with Crippen molar-refractivity contribution in [3.63, 3.8) is 0 Å². The highest BCUT2D eigenvalue weighted by Gasteiger charge is 2.09. The van der Waals surface area contributed by atoms with Crippen LogP contribution in [0.4, 0.5) is 0 Å².